The van der Waals surface area contributed by atoms with Gasteiger partial charge in [-0.3, -0.25) is 9.36 Å². The second-order valence-electron chi connectivity index (χ2n) is 5.01. The summed E-state index contributed by atoms with van der Waals surface area (Å²) in [7, 11) is 1.77. The van der Waals surface area contributed by atoms with Gasteiger partial charge in [-0.05, 0) is 0 Å². The Morgan fingerprint density at radius 1 is 1.48 bits per heavy atom. The average Bonchev–Trinajstić information content (AvgIpc) is 2.80. The Hall–Kier alpha value is -1.37. The van der Waals surface area contributed by atoms with Crippen LogP contribution in [-0.2, 0) is 11.3 Å². The van der Waals surface area contributed by atoms with Gasteiger partial charge in [-0.2, -0.15) is 4.98 Å². The van der Waals surface area contributed by atoms with Gasteiger partial charge >= 0.3 is 0 Å². The van der Waals surface area contributed by atoms with Gasteiger partial charge in [0.15, 0.2) is 5.82 Å². The summed E-state index contributed by atoms with van der Waals surface area (Å²) in [5, 5.41) is 18.0. The third-order valence-electron chi connectivity index (χ3n) is 3.41. The first-order valence-corrected chi connectivity index (χ1v) is 6.84. The Morgan fingerprint density at radius 2 is 2.13 bits per heavy atom. The fraction of sp³-hybridized carbons (Fsp3) is 0.538. The van der Waals surface area contributed by atoms with Gasteiger partial charge < -0.3 is 30.5 Å². The van der Waals surface area contributed by atoms with E-state index in [0.29, 0.717) is 18.2 Å². The highest BCUT2D eigenvalue weighted by atomic mass is 127. The molecule has 1 aliphatic rings. The Labute approximate surface area is 151 Å². The minimum atomic E-state index is -0.673. The van der Waals surface area contributed by atoms with E-state index >= 15 is 0 Å². The molecule has 130 valence electrons. The van der Waals surface area contributed by atoms with Gasteiger partial charge in [0, 0.05) is 13.6 Å². The van der Waals surface area contributed by atoms with Crippen LogP contribution in [-0.4, -0.2) is 59.5 Å². The van der Waals surface area contributed by atoms with Gasteiger partial charge in [0.2, 0.25) is 5.95 Å². The number of aliphatic hydroxyl groups is 2. The van der Waals surface area contributed by atoms with Crippen LogP contribution in [0.4, 0.5) is 17.5 Å². The molecule has 23 heavy (non-hydrogen) atoms. The van der Waals surface area contributed by atoms with E-state index in [4.69, 9.17) is 20.7 Å². The fourth-order valence-electron chi connectivity index (χ4n) is 2.26. The molecule has 0 spiro atoms. The second kappa shape index (κ2) is 8.47. The minimum absolute atomic E-state index is 0. The topological polar surface area (TPSA) is 117 Å². The highest BCUT2D eigenvalue weighted by Crippen LogP contribution is 2.30. The summed E-state index contributed by atoms with van der Waals surface area (Å²) in [6, 6.07) is 0. The van der Waals surface area contributed by atoms with E-state index in [9.17, 15) is 4.79 Å². The molecule has 2 rings (SSSR count). The van der Waals surface area contributed by atoms with Crippen molar-refractivity contribution in [1.29, 1.82) is 0 Å². The second-order valence-corrected chi connectivity index (χ2v) is 5.01. The van der Waals surface area contributed by atoms with Crippen LogP contribution >= 0.6 is 24.0 Å². The van der Waals surface area contributed by atoms with Crippen LogP contribution in [0, 0.1) is 0 Å². The highest BCUT2D eigenvalue weighted by Gasteiger charge is 2.30. The van der Waals surface area contributed by atoms with Crippen molar-refractivity contribution in [1.82, 2.24) is 9.55 Å². The number of hydrogen-bond donors (Lipinski definition) is 3. The number of anilines is 3. The largest absolute Gasteiger partial charge is 0.394 e. The quantitative estimate of drug-likeness (QED) is 0.373. The zero-order valence-corrected chi connectivity index (χ0v) is 15.2. The molecule has 0 atom stereocenters. The zero-order valence-electron chi connectivity index (χ0n) is 12.9. The highest BCUT2D eigenvalue weighted by molar-refractivity contribution is 14.0. The fourth-order valence-corrected chi connectivity index (χ4v) is 2.26. The van der Waals surface area contributed by atoms with E-state index in [-0.39, 0.29) is 62.0 Å². The summed E-state index contributed by atoms with van der Waals surface area (Å²) < 4.78 is 6.72. The monoisotopic (exact) mass is 439 g/mol. The van der Waals surface area contributed by atoms with Crippen molar-refractivity contribution in [2.24, 2.45) is 0 Å². The molecule has 0 bridgehead atoms. The van der Waals surface area contributed by atoms with E-state index < -0.39 is 6.10 Å². The van der Waals surface area contributed by atoms with Crippen LogP contribution in [0.1, 0.15) is 0 Å². The molecule has 9 nitrogen and oxygen atoms in total. The number of allylic oxidation sites excluding steroid dienone is 1. The smallest absolute Gasteiger partial charge is 0.281 e. The molecule has 1 aromatic rings. The normalized spacial score (nSPS) is 13.2. The Balaban J connectivity index is 0.00000264. The standard InChI is InChI=1S/C13H21N5O4.HI/c1-3-4-18-12(21)10-11(15-13(18)14)17(7-16(10)2)8-22-9(5-19)6-20;/h3,9,19-20H,1,4-8H2,2H3,(H2,14,15);1H. The number of nitrogens with two attached hydrogens (primary N) is 1. The van der Waals surface area contributed by atoms with Gasteiger partial charge in [0.05, 0.1) is 19.9 Å². The first-order valence-electron chi connectivity index (χ1n) is 6.84. The molecule has 1 aliphatic heterocycles. The van der Waals surface area contributed by atoms with Crippen molar-refractivity contribution < 1.29 is 14.9 Å². The molecule has 0 fully saturated rings. The summed E-state index contributed by atoms with van der Waals surface area (Å²) in [5.41, 5.74) is 6.03. The number of aliphatic hydroxyl groups excluding tert-OH is 2. The molecule has 0 unspecified atom stereocenters. The molecule has 0 aliphatic carbocycles. The van der Waals surface area contributed by atoms with Crippen LogP contribution in [0.5, 0.6) is 0 Å². The number of hydrogen-bond acceptors (Lipinski definition) is 8. The summed E-state index contributed by atoms with van der Waals surface area (Å²) in [5.74, 6) is 0.532. The predicted octanol–water partition coefficient (Wildman–Crippen LogP) is -0.829. The Bertz CT molecular complexity index is 605. The average molecular weight is 439 g/mol. The molecule has 0 amide bonds. The molecule has 1 aromatic heterocycles. The lowest BCUT2D eigenvalue weighted by atomic mass is 10.4. The van der Waals surface area contributed by atoms with Crippen molar-refractivity contribution in [2.75, 3.05) is 49.2 Å². The minimum Gasteiger partial charge on any atom is -0.394 e. The molecule has 2 heterocycles. The van der Waals surface area contributed by atoms with E-state index in [1.54, 1.807) is 22.9 Å². The maximum atomic E-state index is 12.5. The lowest BCUT2D eigenvalue weighted by molar-refractivity contribution is -0.0188. The van der Waals surface area contributed by atoms with Crippen LogP contribution in [0.25, 0.3) is 0 Å². The molecule has 4 N–H and O–H groups in total. The Morgan fingerprint density at radius 3 is 2.70 bits per heavy atom. The van der Waals surface area contributed by atoms with Crippen molar-refractivity contribution in [2.45, 2.75) is 12.6 Å². The van der Waals surface area contributed by atoms with Crippen LogP contribution < -0.4 is 21.1 Å². The van der Waals surface area contributed by atoms with Crippen LogP contribution in [0.2, 0.25) is 0 Å². The third kappa shape index (κ3) is 3.94. The van der Waals surface area contributed by atoms with Gasteiger partial charge in [0.25, 0.3) is 5.56 Å². The molecule has 0 radical (unpaired) electrons. The van der Waals surface area contributed by atoms with E-state index in [1.807, 2.05) is 0 Å². The number of halogens is 1. The van der Waals surface area contributed by atoms with Gasteiger partial charge in [0.1, 0.15) is 18.5 Å². The number of nitrogen functional groups attached to an aromatic ring is 1. The van der Waals surface area contributed by atoms with Gasteiger partial charge in [-0.25, -0.2) is 0 Å². The molecule has 10 heteroatoms. The van der Waals surface area contributed by atoms with Crippen molar-refractivity contribution in [3.63, 3.8) is 0 Å². The lowest BCUT2D eigenvalue weighted by Gasteiger charge is -2.21. The zero-order chi connectivity index (χ0) is 16.3. The number of rotatable bonds is 7. The van der Waals surface area contributed by atoms with E-state index in [1.165, 1.54) is 4.57 Å². The molecular weight excluding hydrogens is 417 g/mol. The van der Waals surface area contributed by atoms with E-state index in [0.717, 1.165) is 0 Å². The first kappa shape index (κ1) is 19.7. The third-order valence-corrected chi connectivity index (χ3v) is 3.41. The van der Waals surface area contributed by atoms with Crippen LogP contribution in [0.15, 0.2) is 17.4 Å². The van der Waals surface area contributed by atoms with Crippen LogP contribution in [0.3, 0.4) is 0 Å². The number of nitrogens with zero attached hydrogens (tertiary/aromatic N) is 4. The maximum absolute atomic E-state index is 12.5. The van der Waals surface area contributed by atoms with Crippen molar-refractivity contribution in [3.05, 3.63) is 23.0 Å². The Kier molecular flexibility index (Phi) is 7.25. The summed E-state index contributed by atoms with van der Waals surface area (Å²) in [4.78, 5) is 20.2. The SMILES string of the molecule is C=CCn1c(N)nc2c(c1=O)N(C)CN2COC(CO)CO.I. The summed E-state index contributed by atoms with van der Waals surface area (Å²) >= 11 is 0. The number of ether oxygens (including phenoxy) is 1. The van der Waals surface area contributed by atoms with Crippen molar-refractivity contribution >= 4 is 41.4 Å². The lowest BCUT2D eigenvalue weighted by Crippen LogP contribution is -2.34. The molecule has 0 aromatic carbocycles. The summed E-state index contributed by atoms with van der Waals surface area (Å²) in [6.45, 7) is 3.79. The molecule has 0 saturated carbocycles. The predicted molar refractivity (Wildman–Crippen MR) is 98.2 cm³/mol. The number of fused-ring (bicyclic) bond motifs is 1. The van der Waals surface area contributed by atoms with Gasteiger partial charge in [-0.15, -0.1) is 30.6 Å². The number of aromatic nitrogens is 2. The first-order chi connectivity index (χ1) is 10.5. The van der Waals surface area contributed by atoms with Gasteiger partial charge in [-0.1, -0.05) is 6.08 Å². The molecular formula is C13H22IN5O4. The van der Waals surface area contributed by atoms with Crippen molar-refractivity contribution in [3.8, 4) is 0 Å². The van der Waals surface area contributed by atoms with E-state index in [2.05, 4.69) is 11.6 Å². The molecule has 0 saturated heterocycles. The maximum Gasteiger partial charge on any atom is 0.281 e. The summed E-state index contributed by atoms with van der Waals surface area (Å²) in [6.07, 6.45) is 0.905.